The van der Waals surface area contributed by atoms with Gasteiger partial charge in [0.15, 0.2) is 5.76 Å². The predicted octanol–water partition coefficient (Wildman–Crippen LogP) is 4.87. The molecule has 0 bridgehead atoms. The number of hydrogen-bond acceptors (Lipinski definition) is 5. The highest BCUT2D eigenvalue weighted by atomic mass is 16.5. The van der Waals surface area contributed by atoms with Crippen LogP contribution in [0.2, 0.25) is 0 Å². The monoisotopic (exact) mass is 322 g/mol. The molecular weight excluding hydrogens is 304 g/mol. The SMILES string of the molecule is C[C@H](c1cc2ccccc2o1)N(C)Cc1cnoc1-c1ccco1. The first kappa shape index (κ1) is 14.8. The van der Waals surface area contributed by atoms with Crippen LogP contribution < -0.4 is 0 Å². The van der Waals surface area contributed by atoms with E-state index in [9.17, 15) is 0 Å². The lowest BCUT2D eigenvalue weighted by Crippen LogP contribution is -2.21. The molecule has 0 aliphatic heterocycles. The van der Waals surface area contributed by atoms with Gasteiger partial charge in [-0.2, -0.15) is 0 Å². The largest absolute Gasteiger partial charge is 0.461 e. The topological polar surface area (TPSA) is 55.6 Å². The Morgan fingerprint density at radius 1 is 1.17 bits per heavy atom. The molecule has 0 spiro atoms. The second-order valence-corrected chi connectivity index (χ2v) is 5.94. The second-order valence-electron chi connectivity index (χ2n) is 5.94. The molecule has 3 aromatic heterocycles. The number of fused-ring (bicyclic) bond motifs is 1. The van der Waals surface area contributed by atoms with Crippen LogP contribution in [0, 0.1) is 0 Å². The molecule has 0 amide bonds. The summed E-state index contributed by atoms with van der Waals surface area (Å²) in [6, 6.07) is 14.0. The van der Waals surface area contributed by atoms with Crippen molar-refractivity contribution >= 4 is 11.0 Å². The Balaban J connectivity index is 1.56. The zero-order chi connectivity index (χ0) is 16.5. The van der Waals surface area contributed by atoms with Crippen molar-refractivity contribution in [3.63, 3.8) is 0 Å². The van der Waals surface area contributed by atoms with Gasteiger partial charge in [-0.05, 0) is 38.2 Å². The predicted molar refractivity (Wildman–Crippen MR) is 90.3 cm³/mol. The summed E-state index contributed by atoms with van der Waals surface area (Å²) >= 11 is 0. The molecule has 1 atom stereocenters. The van der Waals surface area contributed by atoms with E-state index in [0.29, 0.717) is 18.1 Å². The van der Waals surface area contributed by atoms with Crippen LogP contribution in [0.4, 0.5) is 0 Å². The summed E-state index contributed by atoms with van der Waals surface area (Å²) in [5.41, 5.74) is 1.89. The molecule has 0 aliphatic rings. The Kier molecular flexibility index (Phi) is 3.70. The standard InChI is InChI=1S/C19H18N2O3/c1-13(18-10-14-6-3-4-7-16(14)23-18)21(2)12-15-11-20-24-19(15)17-8-5-9-22-17/h3-11,13H,12H2,1-2H3/t13-/m1/s1. The van der Waals surface area contributed by atoms with Gasteiger partial charge in [0, 0.05) is 17.5 Å². The normalized spacial score (nSPS) is 13.0. The molecule has 0 fully saturated rings. The van der Waals surface area contributed by atoms with Crippen molar-refractivity contribution in [2.24, 2.45) is 0 Å². The molecule has 0 saturated heterocycles. The summed E-state index contributed by atoms with van der Waals surface area (Å²) in [6.45, 7) is 2.80. The summed E-state index contributed by atoms with van der Waals surface area (Å²) in [6.07, 6.45) is 3.36. The fraction of sp³-hybridized carbons (Fsp3) is 0.211. The van der Waals surface area contributed by atoms with Crippen LogP contribution in [0.5, 0.6) is 0 Å². The van der Waals surface area contributed by atoms with E-state index in [0.717, 1.165) is 22.3 Å². The Morgan fingerprint density at radius 2 is 2.04 bits per heavy atom. The molecule has 0 saturated carbocycles. The smallest absolute Gasteiger partial charge is 0.206 e. The number of para-hydroxylation sites is 1. The third kappa shape index (κ3) is 2.63. The van der Waals surface area contributed by atoms with Crippen molar-refractivity contribution in [1.82, 2.24) is 10.1 Å². The van der Waals surface area contributed by atoms with E-state index < -0.39 is 0 Å². The first-order chi connectivity index (χ1) is 11.7. The van der Waals surface area contributed by atoms with E-state index >= 15 is 0 Å². The zero-order valence-electron chi connectivity index (χ0n) is 13.6. The van der Waals surface area contributed by atoms with Crippen LogP contribution >= 0.6 is 0 Å². The highest BCUT2D eigenvalue weighted by molar-refractivity contribution is 5.77. The van der Waals surface area contributed by atoms with E-state index in [4.69, 9.17) is 13.4 Å². The summed E-state index contributed by atoms with van der Waals surface area (Å²) < 4.78 is 16.7. The van der Waals surface area contributed by atoms with Crippen molar-refractivity contribution in [3.05, 3.63) is 66.2 Å². The number of furan rings is 2. The maximum atomic E-state index is 5.97. The maximum Gasteiger partial charge on any atom is 0.206 e. The number of hydrogen-bond donors (Lipinski definition) is 0. The summed E-state index contributed by atoms with van der Waals surface area (Å²) in [5.74, 6) is 2.30. The molecular formula is C19H18N2O3. The average Bonchev–Trinajstić information content (AvgIpc) is 3.33. The molecule has 122 valence electrons. The minimum atomic E-state index is 0.122. The Bertz CT molecular complexity index is 904. The fourth-order valence-corrected chi connectivity index (χ4v) is 2.81. The highest BCUT2D eigenvalue weighted by Gasteiger charge is 2.20. The van der Waals surface area contributed by atoms with E-state index in [2.05, 4.69) is 36.2 Å². The maximum absolute atomic E-state index is 5.97. The molecule has 1 aromatic carbocycles. The zero-order valence-corrected chi connectivity index (χ0v) is 13.6. The van der Waals surface area contributed by atoms with Crippen LogP contribution in [-0.2, 0) is 6.54 Å². The van der Waals surface area contributed by atoms with Crippen LogP contribution in [0.3, 0.4) is 0 Å². The lowest BCUT2D eigenvalue weighted by atomic mass is 10.1. The van der Waals surface area contributed by atoms with E-state index in [1.807, 2.05) is 30.3 Å². The molecule has 3 heterocycles. The lowest BCUT2D eigenvalue weighted by molar-refractivity contribution is 0.226. The number of nitrogens with zero attached hydrogens (tertiary/aromatic N) is 2. The molecule has 4 aromatic rings. The molecule has 0 radical (unpaired) electrons. The lowest BCUT2D eigenvalue weighted by Gasteiger charge is -2.22. The third-order valence-electron chi connectivity index (χ3n) is 4.33. The van der Waals surface area contributed by atoms with Gasteiger partial charge in [0.2, 0.25) is 5.76 Å². The van der Waals surface area contributed by atoms with Crippen molar-refractivity contribution < 1.29 is 13.4 Å². The van der Waals surface area contributed by atoms with Gasteiger partial charge < -0.3 is 13.4 Å². The van der Waals surface area contributed by atoms with Crippen molar-refractivity contribution in [2.75, 3.05) is 7.05 Å². The van der Waals surface area contributed by atoms with Gasteiger partial charge in [-0.3, -0.25) is 4.90 Å². The molecule has 5 heteroatoms. The van der Waals surface area contributed by atoms with Crippen LogP contribution in [0.1, 0.15) is 24.3 Å². The summed E-state index contributed by atoms with van der Waals surface area (Å²) in [4.78, 5) is 2.19. The van der Waals surface area contributed by atoms with Crippen molar-refractivity contribution in [3.8, 4) is 11.5 Å². The minimum absolute atomic E-state index is 0.122. The molecule has 0 N–H and O–H groups in total. The Morgan fingerprint density at radius 3 is 2.83 bits per heavy atom. The quantitative estimate of drug-likeness (QED) is 0.524. The van der Waals surface area contributed by atoms with Gasteiger partial charge in [-0.25, -0.2) is 0 Å². The number of rotatable bonds is 5. The van der Waals surface area contributed by atoms with Gasteiger partial charge in [0.25, 0.3) is 0 Å². The number of benzene rings is 1. The second kappa shape index (κ2) is 6.02. The average molecular weight is 322 g/mol. The molecule has 4 rings (SSSR count). The van der Waals surface area contributed by atoms with Gasteiger partial charge in [0.05, 0.1) is 18.5 Å². The van der Waals surface area contributed by atoms with Crippen LogP contribution in [-0.4, -0.2) is 17.1 Å². The van der Waals surface area contributed by atoms with Crippen molar-refractivity contribution in [2.45, 2.75) is 19.5 Å². The van der Waals surface area contributed by atoms with E-state index in [1.54, 1.807) is 12.5 Å². The molecule has 24 heavy (non-hydrogen) atoms. The first-order valence-corrected chi connectivity index (χ1v) is 7.88. The first-order valence-electron chi connectivity index (χ1n) is 7.88. The van der Waals surface area contributed by atoms with Gasteiger partial charge in [0.1, 0.15) is 11.3 Å². The van der Waals surface area contributed by atoms with Crippen LogP contribution in [0.25, 0.3) is 22.5 Å². The highest BCUT2D eigenvalue weighted by Crippen LogP contribution is 2.30. The third-order valence-corrected chi connectivity index (χ3v) is 4.33. The molecule has 0 unspecified atom stereocenters. The minimum Gasteiger partial charge on any atom is -0.461 e. The summed E-state index contributed by atoms with van der Waals surface area (Å²) in [7, 11) is 2.05. The summed E-state index contributed by atoms with van der Waals surface area (Å²) in [5, 5.41) is 5.03. The van der Waals surface area contributed by atoms with Gasteiger partial charge in [-0.15, -0.1) is 0 Å². The number of aromatic nitrogens is 1. The van der Waals surface area contributed by atoms with Gasteiger partial charge in [-0.1, -0.05) is 23.4 Å². The molecule has 5 nitrogen and oxygen atoms in total. The van der Waals surface area contributed by atoms with E-state index in [1.165, 1.54) is 0 Å². The van der Waals surface area contributed by atoms with Gasteiger partial charge >= 0.3 is 0 Å². The Labute approximate surface area is 139 Å². The van der Waals surface area contributed by atoms with Crippen LogP contribution in [0.15, 0.2) is 68.3 Å². The molecule has 0 aliphatic carbocycles. The fourth-order valence-electron chi connectivity index (χ4n) is 2.81. The Hall–Kier alpha value is -2.79. The van der Waals surface area contributed by atoms with Crippen molar-refractivity contribution in [1.29, 1.82) is 0 Å². The van der Waals surface area contributed by atoms with E-state index in [-0.39, 0.29) is 6.04 Å².